The van der Waals surface area contributed by atoms with E-state index in [1.165, 1.54) is 12.1 Å². The van der Waals surface area contributed by atoms with Crippen LogP contribution < -0.4 is 0 Å². The number of carboxylic acids is 1. The molecule has 2 nitrogen and oxygen atoms in total. The van der Waals surface area contributed by atoms with E-state index in [4.69, 9.17) is 0 Å². The first-order valence-corrected chi connectivity index (χ1v) is 8.74. The molecule has 3 rings (SSSR count). The zero-order valence-corrected chi connectivity index (χ0v) is 15.4. The summed E-state index contributed by atoms with van der Waals surface area (Å²) in [7, 11) is 0. The van der Waals surface area contributed by atoms with Crippen LogP contribution in [0.4, 0.5) is 0 Å². The van der Waals surface area contributed by atoms with Crippen molar-refractivity contribution >= 4 is 5.97 Å². The van der Waals surface area contributed by atoms with Crippen LogP contribution >= 0.6 is 0 Å². The van der Waals surface area contributed by atoms with Gasteiger partial charge in [0.05, 0.1) is 5.56 Å². The maximum Gasteiger partial charge on any atom is 0.335 e. The third-order valence-electron chi connectivity index (χ3n) is 3.75. The predicted molar refractivity (Wildman–Crippen MR) is 114 cm³/mol. The van der Waals surface area contributed by atoms with Gasteiger partial charge in [-0.1, -0.05) is 60.1 Å². The van der Waals surface area contributed by atoms with Gasteiger partial charge in [0.15, 0.2) is 0 Å². The van der Waals surface area contributed by atoms with Crippen molar-refractivity contribution in [2.45, 2.75) is 0 Å². The van der Waals surface area contributed by atoms with Gasteiger partial charge in [0.25, 0.3) is 0 Å². The minimum absolute atomic E-state index is 0.145. The molecule has 0 aromatic heterocycles. The molecule has 0 bridgehead atoms. The van der Waals surface area contributed by atoms with E-state index in [-0.39, 0.29) is 5.56 Å². The lowest BCUT2D eigenvalue weighted by atomic mass is 10.0. The minimum atomic E-state index is -1.02. The van der Waals surface area contributed by atoms with Gasteiger partial charge in [-0.25, -0.2) is 4.79 Å². The first kappa shape index (κ1) is 19.1. The summed E-state index contributed by atoms with van der Waals surface area (Å²) in [6.07, 6.45) is 0. The number of carboxylic acid groups (broad SMARTS) is 1. The van der Waals surface area contributed by atoms with Crippen LogP contribution in [0.1, 0.15) is 32.6 Å². The predicted octanol–water partition coefficient (Wildman–Crippen LogP) is 4.19. The molecule has 1 N–H and O–H groups in total. The fraction of sp³-hybridized carbons (Fsp3) is 0. The molecule has 0 saturated heterocycles. The lowest BCUT2D eigenvalue weighted by Gasteiger charge is -1.98. The van der Waals surface area contributed by atoms with Crippen molar-refractivity contribution in [3.8, 4) is 47.4 Å². The van der Waals surface area contributed by atoms with Crippen molar-refractivity contribution in [2.24, 2.45) is 0 Å². The average Bonchev–Trinajstić information content (AvgIpc) is 2.76. The van der Waals surface area contributed by atoms with Gasteiger partial charge < -0.3 is 5.11 Å². The van der Waals surface area contributed by atoms with Crippen LogP contribution in [-0.2, 0) is 0 Å². The molecule has 0 atom stereocenters. The number of aromatic carboxylic acids is 1. The Balaban J connectivity index is 1.88. The lowest BCUT2D eigenvalue weighted by molar-refractivity contribution is 0.0697. The van der Waals surface area contributed by atoms with Crippen LogP contribution in [0.15, 0.2) is 78.9 Å². The Morgan fingerprint density at radius 2 is 1.07 bits per heavy atom. The SMILES string of the molecule is O=C(O)c1ccc(C#CC#Cc2ccccc2)c(C#CC#Cc2ccccc2)c1. The van der Waals surface area contributed by atoms with Crippen molar-refractivity contribution in [3.63, 3.8) is 0 Å². The van der Waals surface area contributed by atoms with E-state index >= 15 is 0 Å². The van der Waals surface area contributed by atoms with Crippen LogP contribution in [0, 0.1) is 47.4 Å². The van der Waals surface area contributed by atoms with Gasteiger partial charge in [-0.15, -0.1) is 0 Å². The second kappa shape index (κ2) is 9.90. The molecule has 0 unspecified atom stereocenters. The molecular formula is C27H14O2. The van der Waals surface area contributed by atoms with E-state index < -0.39 is 5.97 Å². The lowest BCUT2D eigenvalue weighted by Crippen LogP contribution is -1.97. The summed E-state index contributed by atoms with van der Waals surface area (Å²) in [5.74, 6) is 21.9. The molecule has 0 aliphatic rings. The molecule has 3 aromatic carbocycles. The Morgan fingerprint density at radius 3 is 1.59 bits per heavy atom. The zero-order valence-electron chi connectivity index (χ0n) is 15.4. The van der Waals surface area contributed by atoms with E-state index in [0.717, 1.165) is 11.1 Å². The van der Waals surface area contributed by atoms with E-state index in [1.54, 1.807) is 6.07 Å². The molecule has 2 heteroatoms. The summed E-state index contributed by atoms with van der Waals surface area (Å²) in [6, 6.07) is 23.7. The largest absolute Gasteiger partial charge is 0.478 e. The molecule has 0 saturated carbocycles. The highest BCUT2D eigenvalue weighted by Crippen LogP contribution is 2.10. The first-order valence-electron chi connectivity index (χ1n) is 8.74. The van der Waals surface area contributed by atoms with Crippen molar-refractivity contribution in [1.82, 2.24) is 0 Å². The van der Waals surface area contributed by atoms with E-state index in [1.807, 2.05) is 60.7 Å². The summed E-state index contributed by atoms with van der Waals surface area (Å²) in [5.41, 5.74) is 2.98. The highest BCUT2D eigenvalue weighted by molar-refractivity contribution is 5.88. The Morgan fingerprint density at radius 1 is 0.586 bits per heavy atom. The molecule has 29 heavy (non-hydrogen) atoms. The van der Waals surface area contributed by atoms with Crippen molar-refractivity contribution in [3.05, 3.63) is 107 Å². The number of hydrogen-bond donors (Lipinski definition) is 1. The second-order valence-corrected chi connectivity index (χ2v) is 5.80. The standard InChI is InChI=1S/C27H14O2/c28-27(29)26-20-19-24(17-9-7-15-22-11-3-1-4-12-22)25(21-26)18-10-8-16-23-13-5-2-6-14-23/h1-6,11-14,19-21H,(H,28,29). The van der Waals surface area contributed by atoms with E-state index in [0.29, 0.717) is 11.1 Å². The smallest absolute Gasteiger partial charge is 0.335 e. The molecule has 0 aliphatic heterocycles. The molecule has 134 valence electrons. The van der Waals surface area contributed by atoms with E-state index in [9.17, 15) is 9.90 Å². The summed E-state index contributed by atoms with van der Waals surface area (Å²) in [5, 5.41) is 9.23. The molecule has 3 aromatic rings. The third-order valence-corrected chi connectivity index (χ3v) is 3.75. The first-order chi connectivity index (χ1) is 14.2. The molecule has 0 radical (unpaired) electrons. The summed E-state index contributed by atoms with van der Waals surface area (Å²) in [6.45, 7) is 0. The van der Waals surface area contributed by atoms with Crippen LogP contribution in [-0.4, -0.2) is 11.1 Å². The van der Waals surface area contributed by atoms with Gasteiger partial charge in [0, 0.05) is 22.3 Å². The molecular weight excluding hydrogens is 356 g/mol. The minimum Gasteiger partial charge on any atom is -0.478 e. The zero-order chi connectivity index (χ0) is 20.3. The molecule has 0 fully saturated rings. The van der Waals surface area contributed by atoms with Gasteiger partial charge >= 0.3 is 5.97 Å². The number of benzene rings is 3. The molecule has 0 amide bonds. The maximum absolute atomic E-state index is 11.3. The Bertz CT molecular complexity index is 1270. The second-order valence-electron chi connectivity index (χ2n) is 5.80. The molecule has 0 aliphatic carbocycles. The van der Waals surface area contributed by atoms with Gasteiger partial charge in [0.2, 0.25) is 0 Å². The van der Waals surface area contributed by atoms with Crippen molar-refractivity contribution in [2.75, 3.05) is 0 Å². The average molecular weight is 370 g/mol. The van der Waals surface area contributed by atoms with Gasteiger partial charge in [-0.05, 0) is 66.1 Å². The van der Waals surface area contributed by atoms with E-state index in [2.05, 4.69) is 47.4 Å². The number of rotatable bonds is 1. The number of carbonyl (C=O) groups is 1. The normalized spacial score (nSPS) is 8.55. The van der Waals surface area contributed by atoms with Crippen LogP contribution in [0.3, 0.4) is 0 Å². The van der Waals surface area contributed by atoms with Crippen LogP contribution in [0.25, 0.3) is 0 Å². The van der Waals surface area contributed by atoms with Crippen molar-refractivity contribution < 1.29 is 9.90 Å². The van der Waals surface area contributed by atoms with Gasteiger partial charge in [-0.2, -0.15) is 0 Å². The fourth-order valence-electron chi connectivity index (χ4n) is 2.34. The van der Waals surface area contributed by atoms with Crippen LogP contribution in [0.5, 0.6) is 0 Å². The highest BCUT2D eigenvalue weighted by atomic mass is 16.4. The Kier molecular flexibility index (Phi) is 6.53. The molecule has 0 heterocycles. The summed E-state index contributed by atoms with van der Waals surface area (Å²) < 4.78 is 0. The quantitative estimate of drug-likeness (QED) is 0.652. The van der Waals surface area contributed by atoms with Gasteiger partial charge in [0.1, 0.15) is 0 Å². The maximum atomic E-state index is 11.3. The Labute approximate surface area is 170 Å². The van der Waals surface area contributed by atoms with Gasteiger partial charge in [-0.3, -0.25) is 0 Å². The fourth-order valence-corrected chi connectivity index (χ4v) is 2.34. The highest BCUT2D eigenvalue weighted by Gasteiger charge is 2.05. The van der Waals surface area contributed by atoms with Crippen molar-refractivity contribution in [1.29, 1.82) is 0 Å². The monoisotopic (exact) mass is 370 g/mol. The summed E-state index contributed by atoms with van der Waals surface area (Å²) >= 11 is 0. The van der Waals surface area contributed by atoms with Crippen LogP contribution in [0.2, 0.25) is 0 Å². The topological polar surface area (TPSA) is 37.3 Å². The summed E-state index contributed by atoms with van der Waals surface area (Å²) in [4.78, 5) is 11.3. The molecule has 0 spiro atoms. The number of hydrogen-bond acceptors (Lipinski definition) is 1. The third kappa shape index (κ3) is 5.94. The Hall–Kier alpha value is -4.63.